The number of nitrogens with zero attached hydrogens (tertiary/aromatic N) is 1. The normalized spacial score (nSPS) is 23.1. The number of carbonyl (C=O) groups excluding carboxylic acids is 3. The number of benzene rings is 1. The first-order chi connectivity index (χ1) is 11.0. The highest BCUT2D eigenvalue weighted by molar-refractivity contribution is 6.10. The summed E-state index contributed by atoms with van der Waals surface area (Å²) in [5, 5.41) is 0. The summed E-state index contributed by atoms with van der Waals surface area (Å²) in [6, 6.07) is 3.82. The highest BCUT2D eigenvalue weighted by atomic mass is 19.1. The quantitative estimate of drug-likeness (QED) is 0.484. The second kappa shape index (κ2) is 5.95. The van der Waals surface area contributed by atoms with Crippen molar-refractivity contribution in [3.63, 3.8) is 0 Å². The first kappa shape index (κ1) is 15.4. The van der Waals surface area contributed by atoms with Crippen molar-refractivity contribution in [2.45, 2.75) is 12.8 Å². The van der Waals surface area contributed by atoms with Crippen LogP contribution in [0.3, 0.4) is 0 Å². The Hall–Kier alpha value is -2.50. The Bertz CT molecular complexity index is 687. The van der Waals surface area contributed by atoms with E-state index in [1.54, 1.807) is 0 Å². The summed E-state index contributed by atoms with van der Waals surface area (Å²) in [7, 11) is 1.33. The fourth-order valence-electron chi connectivity index (χ4n) is 3.10. The molecule has 1 fully saturated rings. The minimum Gasteiger partial charge on any atom is -0.494 e. The molecule has 120 valence electrons. The van der Waals surface area contributed by atoms with Crippen LogP contribution >= 0.6 is 0 Å². The molecule has 6 heteroatoms. The smallest absolute Gasteiger partial charge is 0.233 e. The van der Waals surface area contributed by atoms with Crippen LogP contribution in [-0.4, -0.2) is 36.2 Å². The SMILES string of the molecule is COc1ccc(C(=O)CN2C(=O)[C@H]3CC=CC[C@H]3C2=O)cc1F. The molecule has 2 atom stereocenters. The van der Waals surface area contributed by atoms with E-state index in [9.17, 15) is 18.8 Å². The molecule has 1 heterocycles. The lowest BCUT2D eigenvalue weighted by molar-refractivity contribution is -0.139. The minimum atomic E-state index is -0.657. The van der Waals surface area contributed by atoms with Crippen molar-refractivity contribution in [3.8, 4) is 5.75 Å². The summed E-state index contributed by atoms with van der Waals surface area (Å²) >= 11 is 0. The molecule has 0 spiro atoms. The van der Waals surface area contributed by atoms with Crippen LogP contribution in [0.25, 0.3) is 0 Å². The zero-order chi connectivity index (χ0) is 16.6. The van der Waals surface area contributed by atoms with E-state index in [0.717, 1.165) is 11.0 Å². The van der Waals surface area contributed by atoms with Crippen molar-refractivity contribution < 1.29 is 23.5 Å². The van der Waals surface area contributed by atoms with Gasteiger partial charge in [0.25, 0.3) is 0 Å². The molecule has 3 rings (SSSR count). The van der Waals surface area contributed by atoms with Gasteiger partial charge in [-0.05, 0) is 31.0 Å². The van der Waals surface area contributed by atoms with Gasteiger partial charge in [-0.3, -0.25) is 19.3 Å². The van der Waals surface area contributed by atoms with Crippen LogP contribution in [-0.2, 0) is 9.59 Å². The lowest BCUT2D eigenvalue weighted by Gasteiger charge is -2.14. The summed E-state index contributed by atoms with van der Waals surface area (Å²) < 4.78 is 18.5. The summed E-state index contributed by atoms with van der Waals surface area (Å²) in [5.41, 5.74) is 0.108. The molecule has 0 bridgehead atoms. The van der Waals surface area contributed by atoms with E-state index in [4.69, 9.17) is 4.74 Å². The zero-order valence-corrected chi connectivity index (χ0v) is 12.6. The molecule has 1 aliphatic heterocycles. The number of rotatable bonds is 4. The summed E-state index contributed by atoms with van der Waals surface area (Å²) in [5.74, 6) is -2.46. The molecule has 0 radical (unpaired) electrons. The first-order valence-electron chi connectivity index (χ1n) is 7.40. The Morgan fingerprint density at radius 2 is 1.83 bits per heavy atom. The van der Waals surface area contributed by atoms with Crippen molar-refractivity contribution in [2.75, 3.05) is 13.7 Å². The third-order valence-corrected chi connectivity index (χ3v) is 4.37. The van der Waals surface area contributed by atoms with E-state index in [2.05, 4.69) is 0 Å². The molecule has 0 N–H and O–H groups in total. The minimum absolute atomic E-state index is 0.0342. The topological polar surface area (TPSA) is 63.7 Å². The second-order valence-corrected chi connectivity index (χ2v) is 5.69. The number of amides is 2. The number of methoxy groups -OCH3 is 1. The van der Waals surface area contributed by atoms with Crippen LogP contribution < -0.4 is 4.74 Å². The monoisotopic (exact) mass is 317 g/mol. The first-order valence-corrected chi connectivity index (χ1v) is 7.40. The lowest BCUT2D eigenvalue weighted by atomic mass is 9.85. The predicted octanol–water partition coefficient (Wildman–Crippen LogP) is 1.97. The average molecular weight is 317 g/mol. The number of imide groups is 1. The molecule has 1 aromatic rings. The van der Waals surface area contributed by atoms with Gasteiger partial charge in [0.2, 0.25) is 11.8 Å². The van der Waals surface area contributed by atoms with Gasteiger partial charge in [0.05, 0.1) is 25.5 Å². The molecule has 1 saturated heterocycles. The molecule has 1 aliphatic carbocycles. The summed E-state index contributed by atoms with van der Waals surface area (Å²) in [6.07, 6.45) is 4.82. The number of Topliss-reactive ketones (excluding diaryl/α,β-unsaturated/α-hetero) is 1. The number of likely N-dealkylation sites (tertiary alicyclic amines) is 1. The lowest BCUT2D eigenvalue weighted by Crippen LogP contribution is -2.36. The maximum absolute atomic E-state index is 13.7. The number of ketones is 1. The van der Waals surface area contributed by atoms with Crippen LogP contribution in [0.2, 0.25) is 0 Å². The second-order valence-electron chi connectivity index (χ2n) is 5.69. The van der Waals surface area contributed by atoms with Crippen LogP contribution in [0.4, 0.5) is 4.39 Å². The molecule has 2 amide bonds. The maximum atomic E-state index is 13.7. The number of hydrogen-bond acceptors (Lipinski definition) is 4. The molecule has 23 heavy (non-hydrogen) atoms. The largest absolute Gasteiger partial charge is 0.494 e. The molecule has 2 aliphatic rings. The van der Waals surface area contributed by atoms with Gasteiger partial charge in [0.15, 0.2) is 17.3 Å². The molecule has 1 aromatic carbocycles. The maximum Gasteiger partial charge on any atom is 0.233 e. The third-order valence-electron chi connectivity index (χ3n) is 4.37. The van der Waals surface area contributed by atoms with Crippen LogP contribution in [0, 0.1) is 17.7 Å². The molecule has 0 unspecified atom stereocenters. The van der Waals surface area contributed by atoms with Crippen molar-refractivity contribution in [3.05, 3.63) is 41.7 Å². The zero-order valence-electron chi connectivity index (χ0n) is 12.6. The van der Waals surface area contributed by atoms with Gasteiger partial charge in [-0.15, -0.1) is 0 Å². The van der Waals surface area contributed by atoms with Crippen molar-refractivity contribution in [2.24, 2.45) is 11.8 Å². The van der Waals surface area contributed by atoms with E-state index >= 15 is 0 Å². The Labute approximate surface area is 132 Å². The third kappa shape index (κ3) is 2.65. The van der Waals surface area contributed by atoms with Gasteiger partial charge in [0, 0.05) is 5.56 Å². The van der Waals surface area contributed by atoms with Crippen LogP contribution in [0.15, 0.2) is 30.4 Å². The van der Waals surface area contributed by atoms with Gasteiger partial charge in [-0.2, -0.15) is 0 Å². The Morgan fingerprint density at radius 3 is 2.35 bits per heavy atom. The highest BCUT2D eigenvalue weighted by Gasteiger charge is 2.47. The van der Waals surface area contributed by atoms with Gasteiger partial charge >= 0.3 is 0 Å². The number of hydrogen-bond donors (Lipinski definition) is 0. The molecular weight excluding hydrogens is 301 g/mol. The highest BCUT2D eigenvalue weighted by Crippen LogP contribution is 2.35. The van der Waals surface area contributed by atoms with E-state index in [1.807, 2.05) is 12.2 Å². The fraction of sp³-hybridized carbons (Fsp3) is 0.353. The van der Waals surface area contributed by atoms with Crippen LogP contribution in [0.1, 0.15) is 23.2 Å². The Kier molecular flexibility index (Phi) is 3.98. The number of allylic oxidation sites excluding steroid dienone is 2. The van der Waals surface area contributed by atoms with E-state index in [-0.39, 0.29) is 41.5 Å². The number of carbonyl (C=O) groups is 3. The van der Waals surface area contributed by atoms with Crippen molar-refractivity contribution in [1.29, 1.82) is 0 Å². The Balaban J connectivity index is 1.77. The number of halogens is 1. The van der Waals surface area contributed by atoms with Crippen LogP contribution in [0.5, 0.6) is 5.75 Å². The van der Waals surface area contributed by atoms with E-state index in [1.165, 1.54) is 19.2 Å². The average Bonchev–Trinajstić information content (AvgIpc) is 2.80. The standard InChI is InChI=1S/C17H16FNO4/c1-23-15-7-6-10(8-13(15)18)14(20)9-19-16(21)11-4-2-3-5-12(11)17(19)22/h2-3,6-8,11-12H,4-5,9H2,1H3/t11-,12+. The fourth-order valence-corrected chi connectivity index (χ4v) is 3.10. The number of fused-ring (bicyclic) bond motifs is 1. The Morgan fingerprint density at radius 1 is 1.22 bits per heavy atom. The van der Waals surface area contributed by atoms with Gasteiger partial charge < -0.3 is 4.74 Å². The van der Waals surface area contributed by atoms with E-state index in [0.29, 0.717) is 12.8 Å². The molecule has 0 aromatic heterocycles. The van der Waals surface area contributed by atoms with Crippen molar-refractivity contribution in [1.82, 2.24) is 4.90 Å². The van der Waals surface area contributed by atoms with Crippen molar-refractivity contribution >= 4 is 17.6 Å². The summed E-state index contributed by atoms with van der Waals surface area (Å²) in [4.78, 5) is 37.9. The van der Waals surface area contributed by atoms with Gasteiger partial charge in [-0.1, -0.05) is 12.2 Å². The van der Waals surface area contributed by atoms with E-state index < -0.39 is 11.6 Å². The molecule has 0 saturated carbocycles. The van der Waals surface area contributed by atoms with Gasteiger partial charge in [0.1, 0.15) is 0 Å². The predicted molar refractivity (Wildman–Crippen MR) is 79.4 cm³/mol. The van der Waals surface area contributed by atoms with Gasteiger partial charge in [-0.25, -0.2) is 4.39 Å². The number of ether oxygens (including phenoxy) is 1. The summed E-state index contributed by atoms with van der Waals surface area (Å²) in [6.45, 7) is -0.351. The molecule has 5 nitrogen and oxygen atoms in total. The molecular formula is C17H16FNO4.